The summed E-state index contributed by atoms with van der Waals surface area (Å²) in [5, 5.41) is 0. The van der Waals surface area contributed by atoms with Crippen LogP contribution in [0, 0.1) is 11.8 Å². The lowest BCUT2D eigenvalue weighted by atomic mass is 9.83. The molecule has 0 aromatic rings. The van der Waals surface area contributed by atoms with Crippen LogP contribution < -0.4 is 0 Å². The maximum Gasteiger partial charge on any atom is 0.145 e. The van der Waals surface area contributed by atoms with E-state index in [0.29, 0.717) is 0 Å². The van der Waals surface area contributed by atoms with Gasteiger partial charge in [0.2, 0.25) is 0 Å². The van der Waals surface area contributed by atoms with Gasteiger partial charge in [-0.3, -0.25) is 4.79 Å². The Kier molecular flexibility index (Phi) is 2.86. The Bertz CT molecular complexity index is 168. The maximum atomic E-state index is 10.4. The molecule has 1 rings (SSSR count). The van der Waals surface area contributed by atoms with E-state index < -0.39 is 0 Å². The quantitative estimate of drug-likeness (QED) is 0.556. The van der Waals surface area contributed by atoms with E-state index in [1.165, 1.54) is 6.42 Å². The van der Waals surface area contributed by atoms with Gasteiger partial charge >= 0.3 is 0 Å². The van der Waals surface area contributed by atoms with E-state index in [0.717, 1.165) is 36.5 Å². The van der Waals surface area contributed by atoms with Gasteiger partial charge < -0.3 is 0 Å². The standard InChI is InChI=1S/C10H16O/c1-8(2)10-5-3-9(7-11)4-6-10/h3,7-8,10H,4-6H2,1-2H3/t10-/m0/s1. The van der Waals surface area contributed by atoms with Gasteiger partial charge in [0.15, 0.2) is 0 Å². The van der Waals surface area contributed by atoms with Crippen LogP contribution in [-0.2, 0) is 4.79 Å². The van der Waals surface area contributed by atoms with Crippen LogP contribution in [0.1, 0.15) is 33.1 Å². The van der Waals surface area contributed by atoms with Gasteiger partial charge in [0.25, 0.3) is 0 Å². The highest BCUT2D eigenvalue weighted by atomic mass is 16.1. The van der Waals surface area contributed by atoms with E-state index in [9.17, 15) is 4.79 Å². The Morgan fingerprint density at radius 3 is 2.73 bits per heavy atom. The Labute approximate surface area is 68.5 Å². The van der Waals surface area contributed by atoms with Gasteiger partial charge in [0.05, 0.1) is 0 Å². The van der Waals surface area contributed by atoms with Gasteiger partial charge in [-0.05, 0) is 36.7 Å². The molecule has 1 nitrogen and oxygen atoms in total. The van der Waals surface area contributed by atoms with E-state index in [2.05, 4.69) is 19.9 Å². The van der Waals surface area contributed by atoms with Crippen molar-refractivity contribution < 1.29 is 4.79 Å². The van der Waals surface area contributed by atoms with Crippen LogP contribution in [0.3, 0.4) is 0 Å². The van der Waals surface area contributed by atoms with E-state index >= 15 is 0 Å². The molecular weight excluding hydrogens is 136 g/mol. The van der Waals surface area contributed by atoms with Crippen LogP contribution in [0.2, 0.25) is 0 Å². The van der Waals surface area contributed by atoms with Crippen LogP contribution >= 0.6 is 0 Å². The third-order valence-electron chi connectivity index (χ3n) is 2.58. The normalized spacial score (nSPS) is 25.0. The summed E-state index contributed by atoms with van der Waals surface area (Å²) in [7, 11) is 0. The Hall–Kier alpha value is -0.590. The van der Waals surface area contributed by atoms with Crippen molar-refractivity contribution >= 4 is 6.29 Å². The van der Waals surface area contributed by atoms with Crippen molar-refractivity contribution in [3.8, 4) is 0 Å². The first-order valence-corrected chi connectivity index (χ1v) is 4.38. The molecule has 0 saturated carbocycles. The molecule has 0 radical (unpaired) electrons. The first kappa shape index (κ1) is 8.51. The van der Waals surface area contributed by atoms with Gasteiger partial charge in [-0.1, -0.05) is 19.9 Å². The zero-order valence-electron chi connectivity index (χ0n) is 7.34. The van der Waals surface area contributed by atoms with Gasteiger partial charge in [0.1, 0.15) is 6.29 Å². The lowest BCUT2D eigenvalue weighted by molar-refractivity contribution is -0.105. The number of carbonyl (C=O) groups is 1. The summed E-state index contributed by atoms with van der Waals surface area (Å²) in [4.78, 5) is 10.4. The molecule has 0 unspecified atom stereocenters. The monoisotopic (exact) mass is 152 g/mol. The number of hydrogen-bond acceptors (Lipinski definition) is 1. The molecule has 0 saturated heterocycles. The van der Waals surface area contributed by atoms with E-state index in [4.69, 9.17) is 0 Å². The van der Waals surface area contributed by atoms with Crippen LogP contribution in [0.5, 0.6) is 0 Å². The molecule has 11 heavy (non-hydrogen) atoms. The van der Waals surface area contributed by atoms with E-state index in [1.54, 1.807) is 0 Å². The Morgan fingerprint density at radius 1 is 1.64 bits per heavy atom. The van der Waals surface area contributed by atoms with Gasteiger partial charge in [-0.2, -0.15) is 0 Å². The average molecular weight is 152 g/mol. The second kappa shape index (κ2) is 3.70. The molecule has 1 aliphatic carbocycles. The number of hydrogen-bond donors (Lipinski definition) is 0. The molecule has 0 aromatic heterocycles. The van der Waals surface area contributed by atoms with E-state index in [-0.39, 0.29) is 0 Å². The number of allylic oxidation sites excluding steroid dienone is 2. The van der Waals surface area contributed by atoms with Gasteiger partial charge in [-0.15, -0.1) is 0 Å². The van der Waals surface area contributed by atoms with Crippen molar-refractivity contribution in [2.24, 2.45) is 11.8 Å². The fraction of sp³-hybridized carbons (Fsp3) is 0.700. The lowest BCUT2D eigenvalue weighted by Crippen LogP contribution is -2.12. The van der Waals surface area contributed by atoms with Crippen LogP contribution in [-0.4, -0.2) is 6.29 Å². The van der Waals surface area contributed by atoms with Crippen molar-refractivity contribution in [2.75, 3.05) is 0 Å². The molecular formula is C10H16O. The second-order valence-corrected chi connectivity index (χ2v) is 3.68. The third-order valence-corrected chi connectivity index (χ3v) is 2.58. The topological polar surface area (TPSA) is 17.1 Å². The fourth-order valence-electron chi connectivity index (χ4n) is 1.59. The van der Waals surface area contributed by atoms with Gasteiger partial charge in [-0.25, -0.2) is 0 Å². The maximum absolute atomic E-state index is 10.4. The summed E-state index contributed by atoms with van der Waals surface area (Å²) in [5.41, 5.74) is 1.00. The first-order chi connectivity index (χ1) is 5.24. The molecule has 1 atom stereocenters. The third kappa shape index (κ3) is 2.18. The highest BCUT2D eigenvalue weighted by Crippen LogP contribution is 2.27. The molecule has 1 aliphatic rings. The first-order valence-electron chi connectivity index (χ1n) is 4.38. The summed E-state index contributed by atoms with van der Waals surface area (Å²) in [6.45, 7) is 4.51. The minimum Gasteiger partial charge on any atom is -0.298 e. The van der Waals surface area contributed by atoms with Gasteiger partial charge in [0, 0.05) is 0 Å². The van der Waals surface area contributed by atoms with E-state index in [1.807, 2.05) is 0 Å². The zero-order valence-corrected chi connectivity index (χ0v) is 7.34. The summed E-state index contributed by atoms with van der Waals surface area (Å²) < 4.78 is 0. The molecule has 1 heteroatoms. The summed E-state index contributed by atoms with van der Waals surface area (Å²) in [5.74, 6) is 1.57. The largest absolute Gasteiger partial charge is 0.298 e. The van der Waals surface area contributed by atoms with Crippen LogP contribution in [0.15, 0.2) is 11.6 Å². The minimum absolute atomic E-state index is 0.763. The molecule has 0 spiro atoms. The molecule has 0 N–H and O–H groups in total. The highest BCUT2D eigenvalue weighted by Gasteiger charge is 2.16. The summed E-state index contributed by atoms with van der Waals surface area (Å²) in [6, 6.07) is 0. The molecule has 0 aliphatic heterocycles. The van der Waals surface area contributed by atoms with Crippen molar-refractivity contribution in [2.45, 2.75) is 33.1 Å². The molecule has 0 amide bonds. The predicted molar refractivity (Wildman–Crippen MR) is 46.3 cm³/mol. The lowest BCUT2D eigenvalue weighted by Gasteiger charge is -2.22. The van der Waals surface area contributed by atoms with Crippen molar-refractivity contribution in [3.63, 3.8) is 0 Å². The number of rotatable bonds is 2. The summed E-state index contributed by atoms with van der Waals surface area (Å²) >= 11 is 0. The minimum atomic E-state index is 0.763. The highest BCUT2D eigenvalue weighted by molar-refractivity contribution is 5.73. The fourth-order valence-corrected chi connectivity index (χ4v) is 1.59. The molecule has 0 fully saturated rings. The van der Waals surface area contributed by atoms with Crippen molar-refractivity contribution in [3.05, 3.63) is 11.6 Å². The second-order valence-electron chi connectivity index (χ2n) is 3.68. The zero-order chi connectivity index (χ0) is 8.27. The molecule has 0 heterocycles. The van der Waals surface area contributed by atoms with Crippen molar-refractivity contribution in [1.29, 1.82) is 0 Å². The summed E-state index contributed by atoms with van der Waals surface area (Å²) in [6.07, 6.45) is 6.39. The molecule has 62 valence electrons. The number of carbonyl (C=O) groups excluding carboxylic acids is 1. The van der Waals surface area contributed by atoms with Crippen LogP contribution in [0.25, 0.3) is 0 Å². The average Bonchev–Trinajstić information content (AvgIpc) is 2.05. The molecule has 0 bridgehead atoms. The smallest absolute Gasteiger partial charge is 0.145 e. The molecule has 0 aromatic carbocycles. The SMILES string of the molecule is CC(C)[C@H]1CC=C(C=O)CC1. The predicted octanol–water partition coefficient (Wildman–Crippen LogP) is 2.57. The Balaban J connectivity index is 2.47. The number of aldehydes is 1. The van der Waals surface area contributed by atoms with Crippen LogP contribution in [0.4, 0.5) is 0 Å². The van der Waals surface area contributed by atoms with Crippen molar-refractivity contribution in [1.82, 2.24) is 0 Å². The Morgan fingerprint density at radius 2 is 2.36 bits per heavy atom.